The molecule has 7 nitrogen and oxygen atoms in total. The number of aliphatic hydroxyl groups is 1. The lowest BCUT2D eigenvalue weighted by Gasteiger charge is -2.04. The number of rotatable bonds is 5. The van der Waals surface area contributed by atoms with Gasteiger partial charge in [-0.15, -0.1) is 0 Å². The van der Waals surface area contributed by atoms with Gasteiger partial charge in [0.2, 0.25) is 0 Å². The number of imidazole rings is 1. The van der Waals surface area contributed by atoms with E-state index in [1.165, 1.54) is 6.33 Å². The van der Waals surface area contributed by atoms with Gasteiger partial charge < -0.3 is 19.4 Å². The van der Waals surface area contributed by atoms with Crippen LogP contribution in [0.5, 0.6) is 0 Å². The first-order valence-electron chi connectivity index (χ1n) is 5.91. The van der Waals surface area contributed by atoms with Gasteiger partial charge in [-0.2, -0.15) is 0 Å². The van der Waals surface area contributed by atoms with E-state index < -0.39 is 0 Å². The highest BCUT2D eigenvalue weighted by molar-refractivity contribution is 5.82. The molecule has 19 heavy (non-hydrogen) atoms. The van der Waals surface area contributed by atoms with Gasteiger partial charge in [0.05, 0.1) is 25.7 Å². The molecule has 0 aromatic carbocycles. The third kappa shape index (κ3) is 2.27. The molecule has 3 aromatic rings. The van der Waals surface area contributed by atoms with Crippen molar-refractivity contribution in [2.75, 3.05) is 11.9 Å². The number of furan rings is 1. The second-order valence-corrected chi connectivity index (χ2v) is 3.99. The number of nitrogens with zero attached hydrogens (tertiary/aromatic N) is 4. The maximum atomic E-state index is 8.98. The van der Waals surface area contributed by atoms with Crippen LogP contribution in [0.25, 0.3) is 11.2 Å². The number of aromatic nitrogens is 4. The third-order valence-corrected chi connectivity index (χ3v) is 2.75. The van der Waals surface area contributed by atoms with Crippen molar-refractivity contribution in [2.45, 2.75) is 13.1 Å². The SMILES string of the molecule is OCCn1cnc2c(NCc3ccco3)ncnc21. The molecule has 0 atom stereocenters. The number of anilines is 1. The smallest absolute Gasteiger partial charge is 0.165 e. The second-order valence-electron chi connectivity index (χ2n) is 3.99. The highest BCUT2D eigenvalue weighted by Crippen LogP contribution is 2.17. The molecule has 0 unspecified atom stereocenters. The van der Waals surface area contributed by atoms with Gasteiger partial charge in [-0.3, -0.25) is 0 Å². The highest BCUT2D eigenvalue weighted by Gasteiger charge is 2.09. The molecule has 98 valence electrons. The van der Waals surface area contributed by atoms with Gasteiger partial charge >= 0.3 is 0 Å². The summed E-state index contributed by atoms with van der Waals surface area (Å²) in [6, 6.07) is 3.72. The van der Waals surface area contributed by atoms with E-state index in [1.807, 2.05) is 12.1 Å². The topological polar surface area (TPSA) is 89.0 Å². The maximum absolute atomic E-state index is 8.98. The van der Waals surface area contributed by atoms with Crippen LogP contribution in [0.2, 0.25) is 0 Å². The minimum absolute atomic E-state index is 0.0463. The van der Waals surface area contributed by atoms with Crippen molar-refractivity contribution in [3.8, 4) is 0 Å². The van der Waals surface area contributed by atoms with Gasteiger partial charge in [-0.05, 0) is 12.1 Å². The lowest BCUT2D eigenvalue weighted by Crippen LogP contribution is -2.04. The number of hydrogen-bond acceptors (Lipinski definition) is 6. The van der Waals surface area contributed by atoms with Gasteiger partial charge in [-0.25, -0.2) is 15.0 Å². The quantitative estimate of drug-likeness (QED) is 0.711. The van der Waals surface area contributed by atoms with E-state index in [-0.39, 0.29) is 6.61 Å². The number of nitrogens with one attached hydrogen (secondary N) is 1. The summed E-state index contributed by atoms with van der Waals surface area (Å²) in [5.74, 6) is 1.47. The normalized spacial score (nSPS) is 11.0. The lowest BCUT2D eigenvalue weighted by molar-refractivity contribution is 0.277. The molecular weight excluding hydrogens is 246 g/mol. The fourth-order valence-corrected chi connectivity index (χ4v) is 1.87. The molecule has 0 spiro atoms. The zero-order valence-electron chi connectivity index (χ0n) is 10.2. The first-order valence-corrected chi connectivity index (χ1v) is 5.91. The lowest BCUT2D eigenvalue weighted by atomic mass is 10.4. The van der Waals surface area contributed by atoms with E-state index in [0.29, 0.717) is 30.1 Å². The Balaban J connectivity index is 1.87. The summed E-state index contributed by atoms with van der Waals surface area (Å²) in [5.41, 5.74) is 1.38. The molecule has 0 aliphatic heterocycles. The third-order valence-electron chi connectivity index (χ3n) is 2.75. The van der Waals surface area contributed by atoms with Gasteiger partial charge in [-0.1, -0.05) is 0 Å². The van der Waals surface area contributed by atoms with Gasteiger partial charge in [0.15, 0.2) is 11.5 Å². The standard InChI is InChI=1S/C12H13N5O2/c18-4-3-17-8-16-10-11(14-7-15-12(10)17)13-6-9-2-1-5-19-9/h1-2,5,7-8,18H,3-4,6H2,(H,13,14,15). The number of hydrogen-bond donors (Lipinski definition) is 2. The van der Waals surface area contributed by atoms with Crippen LogP contribution in [0.4, 0.5) is 5.82 Å². The Bertz CT molecular complexity index is 662. The van der Waals surface area contributed by atoms with Crippen molar-refractivity contribution in [2.24, 2.45) is 0 Å². The van der Waals surface area contributed by atoms with Crippen molar-refractivity contribution in [1.29, 1.82) is 0 Å². The molecule has 0 radical (unpaired) electrons. The highest BCUT2D eigenvalue weighted by atomic mass is 16.3. The van der Waals surface area contributed by atoms with E-state index in [9.17, 15) is 0 Å². The molecule has 3 rings (SSSR count). The van der Waals surface area contributed by atoms with Crippen LogP contribution in [0.3, 0.4) is 0 Å². The summed E-state index contributed by atoms with van der Waals surface area (Å²) in [7, 11) is 0. The summed E-state index contributed by atoms with van der Waals surface area (Å²) < 4.78 is 7.03. The molecule has 0 saturated carbocycles. The molecule has 0 aliphatic carbocycles. The molecule has 7 heteroatoms. The maximum Gasteiger partial charge on any atom is 0.165 e. The summed E-state index contributed by atoms with van der Waals surface area (Å²) in [4.78, 5) is 12.6. The summed E-state index contributed by atoms with van der Waals surface area (Å²) in [6.07, 6.45) is 4.75. The molecule has 0 aliphatic rings. The first kappa shape index (κ1) is 11.7. The molecule has 0 saturated heterocycles. The van der Waals surface area contributed by atoms with Crippen LogP contribution in [-0.2, 0) is 13.1 Å². The first-order chi connectivity index (χ1) is 9.38. The Morgan fingerprint density at radius 2 is 2.26 bits per heavy atom. The minimum atomic E-state index is 0.0463. The van der Waals surface area contributed by atoms with Gasteiger partial charge in [0.1, 0.15) is 17.6 Å². The predicted molar refractivity (Wildman–Crippen MR) is 68.4 cm³/mol. The summed E-state index contributed by atoms with van der Waals surface area (Å²) >= 11 is 0. The second kappa shape index (κ2) is 5.07. The Labute approximate surface area is 108 Å². The van der Waals surface area contributed by atoms with Crippen molar-refractivity contribution >= 4 is 17.0 Å². The molecule has 2 N–H and O–H groups in total. The zero-order valence-corrected chi connectivity index (χ0v) is 10.2. The molecule has 3 aromatic heterocycles. The summed E-state index contributed by atoms with van der Waals surface area (Å²) in [6.45, 7) is 1.04. The largest absolute Gasteiger partial charge is 0.467 e. The van der Waals surface area contributed by atoms with Crippen molar-refractivity contribution in [3.05, 3.63) is 36.8 Å². The number of aliphatic hydroxyl groups excluding tert-OH is 1. The molecule has 3 heterocycles. The molecule has 0 amide bonds. The summed E-state index contributed by atoms with van der Waals surface area (Å²) in [5, 5.41) is 12.1. The molecule has 0 bridgehead atoms. The molecular formula is C12H13N5O2. The fourth-order valence-electron chi connectivity index (χ4n) is 1.87. The zero-order chi connectivity index (χ0) is 13.1. The Kier molecular flexibility index (Phi) is 3.11. The Hall–Kier alpha value is -2.41. The van der Waals surface area contributed by atoms with E-state index in [0.717, 1.165) is 5.76 Å². The van der Waals surface area contributed by atoms with Crippen LogP contribution in [-0.4, -0.2) is 31.2 Å². The fraction of sp³-hybridized carbons (Fsp3) is 0.250. The Morgan fingerprint density at radius 1 is 1.32 bits per heavy atom. The molecule has 0 fully saturated rings. The van der Waals surface area contributed by atoms with E-state index in [4.69, 9.17) is 9.52 Å². The van der Waals surface area contributed by atoms with Crippen LogP contribution in [0, 0.1) is 0 Å². The Morgan fingerprint density at radius 3 is 3.05 bits per heavy atom. The van der Waals surface area contributed by atoms with E-state index in [1.54, 1.807) is 17.2 Å². The average molecular weight is 259 g/mol. The predicted octanol–water partition coefficient (Wildman–Crippen LogP) is 1.02. The van der Waals surface area contributed by atoms with Crippen LogP contribution >= 0.6 is 0 Å². The van der Waals surface area contributed by atoms with Crippen LogP contribution in [0.1, 0.15) is 5.76 Å². The monoisotopic (exact) mass is 259 g/mol. The van der Waals surface area contributed by atoms with Crippen molar-refractivity contribution in [1.82, 2.24) is 19.5 Å². The van der Waals surface area contributed by atoms with Gasteiger partial charge in [0, 0.05) is 6.54 Å². The average Bonchev–Trinajstić information content (AvgIpc) is 3.07. The van der Waals surface area contributed by atoms with E-state index >= 15 is 0 Å². The number of fused-ring (bicyclic) bond motifs is 1. The van der Waals surface area contributed by atoms with Crippen LogP contribution in [0.15, 0.2) is 35.5 Å². The van der Waals surface area contributed by atoms with Crippen molar-refractivity contribution in [3.63, 3.8) is 0 Å². The van der Waals surface area contributed by atoms with Crippen LogP contribution < -0.4 is 5.32 Å². The van der Waals surface area contributed by atoms with E-state index in [2.05, 4.69) is 20.3 Å². The minimum Gasteiger partial charge on any atom is -0.467 e. The van der Waals surface area contributed by atoms with Crippen molar-refractivity contribution < 1.29 is 9.52 Å². The van der Waals surface area contributed by atoms with Gasteiger partial charge in [0.25, 0.3) is 0 Å².